The fourth-order valence-corrected chi connectivity index (χ4v) is 1.78. The van der Waals surface area contributed by atoms with Crippen LogP contribution in [0.2, 0.25) is 0 Å². The Morgan fingerprint density at radius 2 is 1.95 bits per heavy atom. The largest absolute Gasteiger partial charge is 0.484 e. The highest BCUT2D eigenvalue weighted by Crippen LogP contribution is 2.16. The van der Waals surface area contributed by atoms with E-state index in [0.29, 0.717) is 17.9 Å². The van der Waals surface area contributed by atoms with Crippen LogP contribution in [0.1, 0.15) is 11.1 Å². The molecule has 2 aromatic rings. The second-order valence-corrected chi connectivity index (χ2v) is 4.51. The Bertz CT molecular complexity index is 602. The normalized spacial score (nSPS) is 10.2. The average molecular weight is 288 g/mol. The maximum atomic E-state index is 13.5. The molecule has 0 saturated heterocycles. The first-order valence-electron chi connectivity index (χ1n) is 6.61. The molecule has 0 unspecified atom stereocenters. The van der Waals surface area contributed by atoms with Gasteiger partial charge in [0.15, 0.2) is 6.61 Å². The number of hydrogen-bond acceptors (Lipinski definition) is 3. The first-order chi connectivity index (χ1) is 10.2. The third kappa shape index (κ3) is 4.57. The number of amides is 1. The van der Waals surface area contributed by atoms with Gasteiger partial charge in [0, 0.05) is 24.7 Å². The molecule has 3 N–H and O–H groups in total. The van der Waals surface area contributed by atoms with E-state index in [-0.39, 0.29) is 19.1 Å². The molecule has 110 valence electrons. The Labute approximate surface area is 122 Å². The minimum absolute atomic E-state index is 0.129. The number of nitrogens with two attached hydrogens (primary N) is 1. The zero-order valence-corrected chi connectivity index (χ0v) is 11.5. The van der Waals surface area contributed by atoms with E-state index in [1.165, 1.54) is 6.07 Å². The lowest BCUT2D eigenvalue weighted by Gasteiger charge is -2.08. The molecule has 0 atom stereocenters. The van der Waals surface area contributed by atoms with Gasteiger partial charge in [0.2, 0.25) is 0 Å². The summed E-state index contributed by atoms with van der Waals surface area (Å²) in [7, 11) is 0. The van der Waals surface area contributed by atoms with E-state index in [2.05, 4.69) is 5.32 Å². The molecule has 2 aromatic carbocycles. The number of ether oxygens (including phenoxy) is 1. The van der Waals surface area contributed by atoms with E-state index >= 15 is 0 Å². The summed E-state index contributed by atoms with van der Waals surface area (Å²) in [6, 6.07) is 13.9. The lowest BCUT2D eigenvalue weighted by molar-refractivity contribution is -0.123. The number of nitrogens with one attached hydrogen (secondary N) is 1. The molecule has 0 aliphatic rings. The highest BCUT2D eigenvalue weighted by molar-refractivity contribution is 5.77. The van der Waals surface area contributed by atoms with Gasteiger partial charge in [0.25, 0.3) is 5.91 Å². The third-order valence-electron chi connectivity index (χ3n) is 2.95. The van der Waals surface area contributed by atoms with Gasteiger partial charge in [0.05, 0.1) is 0 Å². The van der Waals surface area contributed by atoms with Crippen LogP contribution < -0.4 is 15.8 Å². The van der Waals surface area contributed by atoms with Gasteiger partial charge in [-0.05, 0) is 11.6 Å². The Kier molecular flexibility index (Phi) is 5.29. The molecule has 0 aromatic heterocycles. The van der Waals surface area contributed by atoms with Crippen LogP contribution in [0.3, 0.4) is 0 Å². The molecule has 21 heavy (non-hydrogen) atoms. The van der Waals surface area contributed by atoms with Gasteiger partial charge in [-0.15, -0.1) is 0 Å². The van der Waals surface area contributed by atoms with Crippen molar-refractivity contribution in [3.05, 3.63) is 65.5 Å². The summed E-state index contributed by atoms with van der Waals surface area (Å²) in [4.78, 5) is 11.6. The van der Waals surface area contributed by atoms with Crippen molar-refractivity contribution in [1.29, 1.82) is 0 Å². The minimum Gasteiger partial charge on any atom is -0.484 e. The van der Waals surface area contributed by atoms with Crippen molar-refractivity contribution in [3.63, 3.8) is 0 Å². The van der Waals surface area contributed by atoms with Crippen molar-refractivity contribution in [2.45, 2.75) is 13.1 Å². The zero-order chi connectivity index (χ0) is 15.1. The molecular weight excluding hydrogens is 271 g/mol. The molecule has 0 heterocycles. The summed E-state index contributed by atoms with van der Waals surface area (Å²) in [5.74, 6) is -0.388. The van der Waals surface area contributed by atoms with E-state index < -0.39 is 5.82 Å². The molecule has 0 fully saturated rings. The second kappa shape index (κ2) is 7.40. The topological polar surface area (TPSA) is 64.3 Å². The SMILES string of the molecule is NCc1ccc(OCC(=O)NCc2ccccc2)cc1F. The van der Waals surface area contributed by atoms with Gasteiger partial charge in [-0.3, -0.25) is 4.79 Å². The standard InChI is InChI=1S/C16H17FN2O2/c17-15-8-14(7-6-13(15)9-18)21-11-16(20)19-10-12-4-2-1-3-5-12/h1-8H,9-11,18H2,(H,19,20). The lowest BCUT2D eigenvalue weighted by atomic mass is 10.2. The van der Waals surface area contributed by atoms with E-state index in [1.807, 2.05) is 30.3 Å². The van der Waals surface area contributed by atoms with Gasteiger partial charge in [-0.1, -0.05) is 36.4 Å². The molecular formula is C16H17FN2O2. The van der Waals surface area contributed by atoms with Crippen molar-refractivity contribution in [3.8, 4) is 5.75 Å². The van der Waals surface area contributed by atoms with Crippen molar-refractivity contribution in [2.24, 2.45) is 5.73 Å². The lowest BCUT2D eigenvalue weighted by Crippen LogP contribution is -2.28. The van der Waals surface area contributed by atoms with Crippen molar-refractivity contribution >= 4 is 5.91 Å². The summed E-state index contributed by atoms with van der Waals surface area (Å²) in [5.41, 5.74) is 6.79. The highest BCUT2D eigenvalue weighted by Gasteiger charge is 2.06. The zero-order valence-electron chi connectivity index (χ0n) is 11.5. The van der Waals surface area contributed by atoms with Gasteiger partial charge in [-0.2, -0.15) is 0 Å². The van der Waals surface area contributed by atoms with Gasteiger partial charge in [-0.25, -0.2) is 4.39 Å². The third-order valence-corrected chi connectivity index (χ3v) is 2.95. The molecule has 0 spiro atoms. The maximum absolute atomic E-state index is 13.5. The number of carbonyl (C=O) groups is 1. The number of benzene rings is 2. The summed E-state index contributed by atoms with van der Waals surface area (Å²) < 4.78 is 18.7. The highest BCUT2D eigenvalue weighted by atomic mass is 19.1. The van der Waals surface area contributed by atoms with Gasteiger partial charge in [0.1, 0.15) is 11.6 Å². The molecule has 0 aliphatic carbocycles. The molecule has 0 aliphatic heterocycles. The van der Waals surface area contributed by atoms with E-state index in [9.17, 15) is 9.18 Å². The first kappa shape index (κ1) is 15.0. The summed E-state index contributed by atoms with van der Waals surface area (Å²) in [6.45, 7) is 0.404. The number of halogens is 1. The summed E-state index contributed by atoms with van der Waals surface area (Å²) >= 11 is 0. The molecule has 0 bridgehead atoms. The predicted octanol–water partition coefficient (Wildman–Crippen LogP) is 1.98. The summed E-state index contributed by atoms with van der Waals surface area (Å²) in [6.07, 6.45) is 0. The first-order valence-corrected chi connectivity index (χ1v) is 6.61. The monoisotopic (exact) mass is 288 g/mol. The van der Waals surface area contributed by atoms with Gasteiger partial charge >= 0.3 is 0 Å². The molecule has 0 saturated carbocycles. The van der Waals surface area contributed by atoms with Gasteiger partial charge < -0.3 is 15.8 Å². The Morgan fingerprint density at radius 1 is 1.19 bits per heavy atom. The van der Waals surface area contributed by atoms with E-state index in [0.717, 1.165) is 5.56 Å². The predicted molar refractivity (Wildman–Crippen MR) is 78.1 cm³/mol. The number of rotatable bonds is 6. The minimum atomic E-state index is -0.431. The molecule has 5 heteroatoms. The fraction of sp³-hybridized carbons (Fsp3) is 0.188. The van der Waals surface area contributed by atoms with E-state index in [1.54, 1.807) is 12.1 Å². The Balaban J connectivity index is 1.80. The van der Waals surface area contributed by atoms with E-state index in [4.69, 9.17) is 10.5 Å². The molecule has 4 nitrogen and oxygen atoms in total. The van der Waals surface area contributed by atoms with Crippen LogP contribution in [0.25, 0.3) is 0 Å². The van der Waals surface area contributed by atoms with Crippen molar-refractivity contribution in [2.75, 3.05) is 6.61 Å². The van der Waals surface area contributed by atoms with Crippen LogP contribution in [0, 0.1) is 5.82 Å². The summed E-state index contributed by atoms with van der Waals surface area (Å²) in [5, 5.41) is 2.73. The van der Waals surface area contributed by atoms with Crippen LogP contribution >= 0.6 is 0 Å². The van der Waals surface area contributed by atoms with Crippen LogP contribution in [-0.2, 0) is 17.9 Å². The van der Waals surface area contributed by atoms with Crippen LogP contribution in [0.15, 0.2) is 48.5 Å². The average Bonchev–Trinajstić information content (AvgIpc) is 2.52. The fourth-order valence-electron chi connectivity index (χ4n) is 1.78. The number of hydrogen-bond donors (Lipinski definition) is 2. The Hall–Kier alpha value is -2.40. The number of carbonyl (C=O) groups excluding carboxylic acids is 1. The molecule has 0 radical (unpaired) electrons. The second-order valence-electron chi connectivity index (χ2n) is 4.51. The van der Waals surface area contributed by atoms with Crippen LogP contribution in [0.5, 0.6) is 5.75 Å². The van der Waals surface area contributed by atoms with Crippen molar-refractivity contribution in [1.82, 2.24) is 5.32 Å². The smallest absolute Gasteiger partial charge is 0.258 e. The Morgan fingerprint density at radius 3 is 2.62 bits per heavy atom. The quantitative estimate of drug-likeness (QED) is 0.854. The van der Waals surface area contributed by atoms with Crippen LogP contribution in [-0.4, -0.2) is 12.5 Å². The molecule has 1 amide bonds. The maximum Gasteiger partial charge on any atom is 0.258 e. The van der Waals surface area contributed by atoms with Crippen molar-refractivity contribution < 1.29 is 13.9 Å². The molecule has 2 rings (SSSR count). The van der Waals surface area contributed by atoms with Crippen LogP contribution in [0.4, 0.5) is 4.39 Å².